The van der Waals surface area contributed by atoms with Crippen LogP contribution in [0.3, 0.4) is 0 Å². The molecule has 0 saturated carbocycles. The molecule has 0 aliphatic carbocycles. The van der Waals surface area contributed by atoms with E-state index in [4.69, 9.17) is 4.74 Å². The number of rotatable bonds is 5. The van der Waals surface area contributed by atoms with Crippen LogP contribution in [0.25, 0.3) is 0 Å². The Labute approximate surface area is 136 Å². The third kappa shape index (κ3) is 3.57. The molecule has 0 amide bonds. The van der Waals surface area contributed by atoms with E-state index in [9.17, 15) is 0 Å². The SMILES string of the molecule is CNc1ncccc1CN1CCOC(c2nccnc2NC)C1. The monoisotopic (exact) mass is 314 g/mol. The highest BCUT2D eigenvalue weighted by Crippen LogP contribution is 2.26. The highest BCUT2D eigenvalue weighted by Gasteiger charge is 2.26. The van der Waals surface area contributed by atoms with Gasteiger partial charge in [0.2, 0.25) is 0 Å². The normalized spacial score (nSPS) is 18.6. The molecule has 3 heterocycles. The van der Waals surface area contributed by atoms with Crippen molar-refractivity contribution in [2.45, 2.75) is 12.6 Å². The van der Waals surface area contributed by atoms with Crippen LogP contribution in [0.2, 0.25) is 0 Å². The fourth-order valence-electron chi connectivity index (χ4n) is 2.82. The Kier molecular flexibility index (Phi) is 4.99. The molecule has 0 spiro atoms. The second-order valence-corrected chi connectivity index (χ2v) is 5.40. The number of aromatic nitrogens is 3. The average Bonchev–Trinajstić information content (AvgIpc) is 2.62. The Morgan fingerprint density at radius 3 is 2.74 bits per heavy atom. The van der Waals surface area contributed by atoms with Gasteiger partial charge in [-0.2, -0.15) is 0 Å². The Morgan fingerprint density at radius 2 is 1.91 bits per heavy atom. The largest absolute Gasteiger partial charge is 0.373 e. The van der Waals surface area contributed by atoms with Crippen LogP contribution < -0.4 is 10.6 Å². The smallest absolute Gasteiger partial charge is 0.150 e. The topological polar surface area (TPSA) is 75.2 Å². The summed E-state index contributed by atoms with van der Waals surface area (Å²) in [4.78, 5) is 15.5. The van der Waals surface area contributed by atoms with Gasteiger partial charge in [0.1, 0.15) is 23.4 Å². The molecule has 1 aliphatic heterocycles. The van der Waals surface area contributed by atoms with E-state index in [0.717, 1.165) is 37.0 Å². The van der Waals surface area contributed by atoms with E-state index in [2.05, 4.69) is 36.6 Å². The van der Waals surface area contributed by atoms with Gasteiger partial charge in [-0.05, 0) is 6.07 Å². The van der Waals surface area contributed by atoms with Gasteiger partial charge in [-0.25, -0.2) is 9.97 Å². The summed E-state index contributed by atoms with van der Waals surface area (Å²) in [6, 6.07) is 4.07. The van der Waals surface area contributed by atoms with Gasteiger partial charge >= 0.3 is 0 Å². The van der Waals surface area contributed by atoms with E-state index in [1.54, 1.807) is 18.6 Å². The molecule has 2 aromatic heterocycles. The molecule has 0 aromatic carbocycles. The summed E-state index contributed by atoms with van der Waals surface area (Å²) in [5.41, 5.74) is 2.04. The second-order valence-electron chi connectivity index (χ2n) is 5.40. The van der Waals surface area contributed by atoms with E-state index in [-0.39, 0.29) is 6.10 Å². The minimum atomic E-state index is -0.0744. The summed E-state index contributed by atoms with van der Waals surface area (Å²) in [6.07, 6.45) is 5.12. The highest BCUT2D eigenvalue weighted by molar-refractivity contribution is 5.43. The second kappa shape index (κ2) is 7.34. The summed E-state index contributed by atoms with van der Waals surface area (Å²) in [5, 5.41) is 6.23. The van der Waals surface area contributed by atoms with Crippen LogP contribution in [0.4, 0.5) is 11.6 Å². The van der Waals surface area contributed by atoms with Gasteiger partial charge in [-0.3, -0.25) is 9.88 Å². The molecule has 3 rings (SSSR count). The molecule has 1 fully saturated rings. The van der Waals surface area contributed by atoms with E-state index < -0.39 is 0 Å². The quantitative estimate of drug-likeness (QED) is 0.867. The van der Waals surface area contributed by atoms with Gasteiger partial charge < -0.3 is 15.4 Å². The first-order chi connectivity index (χ1) is 11.3. The molecule has 1 aliphatic rings. The number of nitrogens with zero attached hydrogens (tertiary/aromatic N) is 4. The molecule has 2 aromatic rings. The van der Waals surface area contributed by atoms with Crippen molar-refractivity contribution in [1.29, 1.82) is 0 Å². The van der Waals surface area contributed by atoms with Crippen molar-refractivity contribution in [2.24, 2.45) is 0 Å². The standard InChI is InChI=1S/C16H22N6O/c1-17-15-12(4-3-5-20-15)10-22-8-9-23-13(11-22)14-16(18-2)21-7-6-19-14/h3-7,13H,8-11H2,1-2H3,(H,17,20)(H,18,21). The summed E-state index contributed by atoms with van der Waals surface area (Å²) in [6.45, 7) is 3.19. The molecule has 1 atom stereocenters. The van der Waals surface area contributed by atoms with Crippen LogP contribution in [0, 0.1) is 0 Å². The van der Waals surface area contributed by atoms with Gasteiger partial charge in [0, 0.05) is 57.9 Å². The maximum Gasteiger partial charge on any atom is 0.150 e. The lowest BCUT2D eigenvalue weighted by Gasteiger charge is -2.33. The molecule has 0 bridgehead atoms. The minimum Gasteiger partial charge on any atom is -0.373 e. The zero-order chi connectivity index (χ0) is 16.1. The number of hydrogen-bond acceptors (Lipinski definition) is 7. The number of hydrogen-bond donors (Lipinski definition) is 2. The van der Waals surface area contributed by atoms with Crippen molar-refractivity contribution in [3.05, 3.63) is 42.0 Å². The average molecular weight is 314 g/mol. The van der Waals surface area contributed by atoms with E-state index >= 15 is 0 Å². The number of ether oxygens (including phenoxy) is 1. The molecule has 1 unspecified atom stereocenters. The Hall–Kier alpha value is -2.25. The molecule has 0 radical (unpaired) electrons. The van der Waals surface area contributed by atoms with Crippen LogP contribution in [0.1, 0.15) is 17.4 Å². The first kappa shape index (κ1) is 15.6. The zero-order valence-corrected chi connectivity index (χ0v) is 13.5. The third-order valence-electron chi connectivity index (χ3n) is 3.94. The predicted octanol–water partition coefficient (Wildman–Crippen LogP) is 1.53. The fourth-order valence-corrected chi connectivity index (χ4v) is 2.82. The Morgan fingerprint density at radius 1 is 1.13 bits per heavy atom. The molecular weight excluding hydrogens is 292 g/mol. The van der Waals surface area contributed by atoms with Crippen molar-refractivity contribution in [3.8, 4) is 0 Å². The van der Waals surface area contributed by atoms with Crippen LogP contribution >= 0.6 is 0 Å². The summed E-state index contributed by atoms with van der Waals surface area (Å²) >= 11 is 0. The predicted molar refractivity (Wildman–Crippen MR) is 89.3 cm³/mol. The number of morpholine rings is 1. The minimum absolute atomic E-state index is 0.0744. The molecule has 1 saturated heterocycles. The van der Waals surface area contributed by atoms with E-state index in [1.165, 1.54) is 5.56 Å². The molecule has 122 valence electrons. The van der Waals surface area contributed by atoms with Crippen LogP contribution in [-0.2, 0) is 11.3 Å². The first-order valence-electron chi connectivity index (χ1n) is 7.76. The lowest BCUT2D eigenvalue weighted by Crippen LogP contribution is -2.38. The summed E-state index contributed by atoms with van der Waals surface area (Å²) in [7, 11) is 3.75. The van der Waals surface area contributed by atoms with Crippen molar-refractivity contribution in [2.75, 3.05) is 44.4 Å². The molecule has 7 nitrogen and oxygen atoms in total. The maximum absolute atomic E-state index is 5.92. The third-order valence-corrected chi connectivity index (χ3v) is 3.94. The number of pyridine rings is 1. The van der Waals surface area contributed by atoms with Gasteiger partial charge in [0.15, 0.2) is 0 Å². The van der Waals surface area contributed by atoms with Gasteiger partial charge in [-0.15, -0.1) is 0 Å². The first-order valence-corrected chi connectivity index (χ1v) is 7.76. The molecule has 2 N–H and O–H groups in total. The van der Waals surface area contributed by atoms with Crippen LogP contribution in [0.15, 0.2) is 30.7 Å². The molecule has 23 heavy (non-hydrogen) atoms. The van der Waals surface area contributed by atoms with E-state index in [0.29, 0.717) is 6.61 Å². The van der Waals surface area contributed by atoms with Gasteiger partial charge in [0.05, 0.1) is 6.61 Å². The lowest BCUT2D eigenvalue weighted by molar-refractivity contribution is -0.0347. The Bertz CT molecular complexity index is 650. The van der Waals surface area contributed by atoms with Crippen LogP contribution in [-0.4, -0.2) is 53.6 Å². The highest BCUT2D eigenvalue weighted by atomic mass is 16.5. The Balaban J connectivity index is 1.73. The number of anilines is 2. The van der Waals surface area contributed by atoms with Crippen LogP contribution in [0.5, 0.6) is 0 Å². The molecule has 7 heteroatoms. The van der Waals surface area contributed by atoms with Crippen molar-refractivity contribution in [1.82, 2.24) is 19.9 Å². The van der Waals surface area contributed by atoms with Crippen molar-refractivity contribution >= 4 is 11.6 Å². The van der Waals surface area contributed by atoms with Crippen molar-refractivity contribution < 1.29 is 4.74 Å². The number of nitrogens with one attached hydrogen (secondary N) is 2. The zero-order valence-electron chi connectivity index (χ0n) is 13.5. The van der Waals surface area contributed by atoms with Crippen molar-refractivity contribution in [3.63, 3.8) is 0 Å². The van der Waals surface area contributed by atoms with E-state index in [1.807, 2.05) is 20.2 Å². The lowest BCUT2D eigenvalue weighted by atomic mass is 10.1. The summed E-state index contributed by atoms with van der Waals surface area (Å²) in [5.74, 6) is 1.70. The summed E-state index contributed by atoms with van der Waals surface area (Å²) < 4.78 is 5.92. The maximum atomic E-state index is 5.92. The fraction of sp³-hybridized carbons (Fsp3) is 0.438. The van der Waals surface area contributed by atoms with Gasteiger partial charge in [0.25, 0.3) is 0 Å². The molecular formula is C16H22N6O. The van der Waals surface area contributed by atoms with Gasteiger partial charge in [-0.1, -0.05) is 6.07 Å².